The molecule has 22 heavy (non-hydrogen) atoms. The SMILES string of the molecule is CCNC(=O)[C@H](C)[NH+]1CCC[C@@H]1c1cc(OC)ccc1OC. The van der Waals surface area contributed by atoms with Gasteiger partial charge in [-0.05, 0) is 32.0 Å². The second-order valence-electron chi connectivity index (χ2n) is 5.74. The molecule has 1 amide bonds. The molecule has 0 radical (unpaired) electrons. The first-order chi connectivity index (χ1) is 10.6. The molecule has 0 spiro atoms. The van der Waals surface area contributed by atoms with Gasteiger partial charge in [0, 0.05) is 19.4 Å². The van der Waals surface area contributed by atoms with Crippen LogP contribution in [0.15, 0.2) is 18.2 Å². The Labute approximate surface area is 132 Å². The molecule has 1 aromatic rings. The Kier molecular flexibility index (Phi) is 5.66. The average Bonchev–Trinajstić information content (AvgIpc) is 3.03. The van der Waals surface area contributed by atoms with Gasteiger partial charge in [-0.1, -0.05) is 0 Å². The number of carbonyl (C=O) groups is 1. The minimum absolute atomic E-state index is 0.0663. The molecule has 1 aliphatic heterocycles. The summed E-state index contributed by atoms with van der Waals surface area (Å²) in [6.45, 7) is 5.63. The van der Waals surface area contributed by atoms with Gasteiger partial charge in [-0.2, -0.15) is 0 Å². The van der Waals surface area contributed by atoms with Crippen LogP contribution in [0.4, 0.5) is 0 Å². The number of methoxy groups -OCH3 is 2. The highest BCUT2D eigenvalue weighted by molar-refractivity contribution is 5.79. The third-order valence-corrected chi connectivity index (χ3v) is 4.52. The number of hydrogen-bond donors (Lipinski definition) is 2. The van der Waals surface area contributed by atoms with E-state index in [-0.39, 0.29) is 18.0 Å². The van der Waals surface area contributed by atoms with E-state index in [2.05, 4.69) is 5.32 Å². The van der Waals surface area contributed by atoms with Gasteiger partial charge < -0.3 is 19.7 Å². The van der Waals surface area contributed by atoms with Gasteiger partial charge in [-0.15, -0.1) is 0 Å². The molecule has 0 bridgehead atoms. The molecule has 5 heteroatoms. The van der Waals surface area contributed by atoms with Crippen molar-refractivity contribution in [1.29, 1.82) is 0 Å². The lowest BCUT2D eigenvalue weighted by Crippen LogP contribution is -3.15. The second kappa shape index (κ2) is 7.49. The first kappa shape index (κ1) is 16.6. The van der Waals surface area contributed by atoms with Crippen molar-refractivity contribution in [3.8, 4) is 11.5 Å². The number of ether oxygens (including phenoxy) is 2. The summed E-state index contributed by atoms with van der Waals surface area (Å²) < 4.78 is 10.9. The summed E-state index contributed by atoms with van der Waals surface area (Å²) in [5.41, 5.74) is 1.13. The molecular formula is C17H27N2O3+. The molecule has 1 fully saturated rings. The van der Waals surface area contributed by atoms with E-state index in [0.29, 0.717) is 6.54 Å². The average molecular weight is 307 g/mol. The Hall–Kier alpha value is -1.75. The van der Waals surface area contributed by atoms with Crippen LogP contribution in [0, 0.1) is 0 Å². The number of amides is 1. The van der Waals surface area contributed by atoms with E-state index >= 15 is 0 Å². The van der Waals surface area contributed by atoms with Crippen molar-refractivity contribution in [3.63, 3.8) is 0 Å². The van der Waals surface area contributed by atoms with Gasteiger partial charge in [-0.3, -0.25) is 4.79 Å². The molecule has 2 rings (SSSR count). The number of hydrogen-bond acceptors (Lipinski definition) is 3. The van der Waals surface area contributed by atoms with Crippen molar-refractivity contribution in [2.45, 2.75) is 38.8 Å². The number of benzene rings is 1. The first-order valence-electron chi connectivity index (χ1n) is 7.97. The van der Waals surface area contributed by atoms with E-state index in [9.17, 15) is 4.79 Å². The zero-order valence-corrected chi connectivity index (χ0v) is 13.9. The maximum atomic E-state index is 12.2. The maximum Gasteiger partial charge on any atom is 0.278 e. The molecule has 0 aromatic heterocycles. The van der Waals surface area contributed by atoms with Crippen molar-refractivity contribution in [1.82, 2.24) is 5.32 Å². The van der Waals surface area contributed by atoms with E-state index < -0.39 is 0 Å². The van der Waals surface area contributed by atoms with Crippen LogP contribution in [-0.4, -0.2) is 39.3 Å². The van der Waals surface area contributed by atoms with Gasteiger partial charge in [0.05, 0.1) is 26.3 Å². The van der Waals surface area contributed by atoms with Crippen molar-refractivity contribution >= 4 is 5.91 Å². The Morgan fingerprint density at radius 3 is 2.82 bits per heavy atom. The van der Waals surface area contributed by atoms with Crippen molar-refractivity contribution < 1.29 is 19.2 Å². The fourth-order valence-corrected chi connectivity index (χ4v) is 3.35. The topological polar surface area (TPSA) is 52.0 Å². The van der Waals surface area contributed by atoms with Crippen LogP contribution in [0.25, 0.3) is 0 Å². The molecule has 1 aromatic carbocycles. The summed E-state index contributed by atoms with van der Waals surface area (Å²) in [5.74, 6) is 1.81. The number of carbonyl (C=O) groups excluding carboxylic acids is 1. The van der Waals surface area contributed by atoms with Crippen LogP contribution in [-0.2, 0) is 4.79 Å². The van der Waals surface area contributed by atoms with Crippen molar-refractivity contribution in [2.24, 2.45) is 0 Å². The zero-order chi connectivity index (χ0) is 16.1. The number of nitrogens with one attached hydrogen (secondary N) is 2. The highest BCUT2D eigenvalue weighted by Crippen LogP contribution is 2.31. The number of likely N-dealkylation sites (N-methyl/N-ethyl adjacent to an activating group) is 1. The summed E-state index contributed by atoms with van der Waals surface area (Å²) in [6.07, 6.45) is 2.17. The molecule has 3 atom stereocenters. The van der Waals surface area contributed by atoms with E-state index in [1.54, 1.807) is 14.2 Å². The predicted octanol–water partition coefficient (Wildman–Crippen LogP) is 0.948. The highest BCUT2D eigenvalue weighted by atomic mass is 16.5. The van der Waals surface area contributed by atoms with E-state index in [4.69, 9.17) is 9.47 Å². The molecule has 1 unspecified atom stereocenters. The van der Waals surface area contributed by atoms with Crippen molar-refractivity contribution in [2.75, 3.05) is 27.3 Å². The highest BCUT2D eigenvalue weighted by Gasteiger charge is 2.38. The molecule has 0 aliphatic carbocycles. The Balaban J connectivity index is 2.28. The Bertz CT molecular complexity index is 519. The number of likely N-dealkylation sites (tertiary alicyclic amines) is 1. The van der Waals surface area contributed by atoms with Gasteiger partial charge in [0.25, 0.3) is 5.91 Å². The number of rotatable bonds is 6. The van der Waals surface area contributed by atoms with Gasteiger partial charge in [0.2, 0.25) is 0 Å². The molecule has 1 heterocycles. The predicted molar refractivity (Wildman–Crippen MR) is 85.5 cm³/mol. The van der Waals surface area contributed by atoms with Gasteiger partial charge in [-0.25, -0.2) is 0 Å². The standard InChI is InChI=1S/C17H26N2O3/c1-5-18-17(20)12(2)19-10-6-7-15(19)14-11-13(21-3)8-9-16(14)22-4/h8-9,11-12,15H,5-7,10H2,1-4H3,(H,18,20)/p+1/t12-,15+/m0/s1. The summed E-state index contributed by atoms with van der Waals surface area (Å²) in [7, 11) is 3.36. The van der Waals surface area contributed by atoms with E-state index in [1.165, 1.54) is 4.90 Å². The fraction of sp³-hybridized carbons (Fsp3) is 0.588. The number of quaternary nitrogens is 1. The van der Waals surface area contributed by atoms with Crippen LogP contribution in [0.5, 0.6) is 11.5 Å². The van der Waals surface area contributed by atoms with Crippen LogP contribution < -0.4 is 19.7 Å². The van der Waals surface area contributed by atoms with Gasteiger partial charge in [0.1, 0.15) is 17.5 Å². The molecule has 122 valence electrons. The lowest BCUT2D eigenvalue weighted by molar-refractivity contribution is -0.932. The van der Waals surface area contributed by atoms with Crippen LogP contribution in [0.3, 0.4) is 0 Å². The fourth-order valence-electron chi connectivity index (χ4n) is 3.35. The van der Waals surface area contributed by atoms with Crippen LogP contribution >= 0.6 is 0 Å². The minimum atomic E-state index is -0.0663. The van der Waals surface area contributed by atoms with Gasteiger partial charge >= 0.3 is 0 Å². The molecular weight excluding hydrogens is 280 g/mol. The first-order valence-corrected chi connectivity index (χ1v) is 7.97. The summed E-state index contributed by atoms with van der Waals surface area (Å²) in [6, 6.07) is 6.09. The molecule has 0 saturated carbocycles. The molecule has 1 aliphatic rings. The minimum Gasteiger partial charge on any atom is -0.497 e. The Morgan fingerprint density at radius 1 is 1.41 bits per heavy atom. The van der Waals surface area contributed by atoms with Crippen molar-refractivity contribution in [3.05, 3.63) is 23.8 Å². The summed E-state index contributed by atoms with van der Waals surface area (Å²) in [4.78, 5) is 13.5. The molecule has 1 saturated heterocycles. The largest absolute Gasteiger partial charge is 0.497 e. The third-order valence-electron chi connectivity index (χ3n) is 4.52. The lowest BCUT2D eigenvalue weighted by atomic mass is 10.0. The quantitative estimate of drug-likeness (QED) is 0.823. The molecule has 2 N–H and O–H groups in total. The lowest BCUT2D eigenvalue weighted by Gasteiger charge is -2.28. The van der Waals surface area contributed by atoms with Gasteiger partial charge in [0.15, 0.2) is 6.04 Å². The van der Waals surface area contributed by atoms with Crippen LogP contribution in [0.2, 0.25) is 0 Å². The normalized spacial score (nSPS) is 22.2. The smallest absolute Gasteiger partial charge is 0.278 e. The van der Waals surface area contributed by atoms with Crippen LogP contribution in [0.1, 0.15) is 38.3 Å². The maximum absolute atomic E-state index is 12.2. The Morgan fingerprint density at radius 2 is 2.18 bits per heavy atom. The summed E-state index contributed by atoms with van der Waals surface area (Å²) in [5, 5.41) is 2.93. The second-order valence-corrected chi connectivity index (χ2v) is 5.74. The summed E-state index contributed by atoms with van der Waals surface area (Å²) >= 11 is 0. The zero-order valence-electron chi connectivity index (χ0n) is 13.9. The molecule has 5 nitrogen and oxygen atoms in total. The van der Waals surface area contributed by atoms with E-state index in [0.717, 1.165) is 36.4 Å². The van der Waals surface area contributed by atoms with E-state index in [1.807, 2.05) is 32.0 Å². The third kappa shape index (κ3) is 3.35. The monoisotopic (exact) mass is 307 g/mol.